The van der Waals surface area contributed by atoms with Gasteiger partial charge in [-0.15, -0.1) is 5.10 Å². The summed E-state index contributed by atoms with van der Waals surface area (Å²) in [6.07, 6.45) is 11.8. The van der Waals surface area contributed by atoms with Crippen molar-refractivity contribution in [3.63, 3.8) is 0 Å². The standard InChI is InChI=1S/C16H20BrN5/c17-15-7-12(11-3-1-4-11)8-18-16(15)19-9-13-10-22(21-20-13)14-5-2-6-14/h7-8,10-11,14H,1-6,9H2,(H,18,19). The highest BCUT2D eigenvalue weighted by Gasteiger charge is 2.21. The van der Waals surface area contributed by atoms with Crippen LogP contribution < -0.4 is 5.32 Å². The second-order valence-electron chi connectivity index (χ2n) is 6.36. The first-order valence-electron chi connectivity index (χ1n) is 8.09. The van der Waals surface area contributed by atoms with Gasteiger partial charge >= 0.3 is 0 Å². The van der Waals surface area contributed by atoms with Crippen LogP contribution in [0, 0.1) is 0 Å². The summed E-state index contributed by atoms with van der Waals surface area (Å²) in [5.41, 5.74) is 2.31. The number of hydrogen-bond donors (Lipinski definition) is 1. The molecule has 2 aliphatic carbocycles. The zero-order valence-corrected chi connectivity index (χ0v) is 14.1. The molecule has 0 spiro atoms. The third-order valence-corrected chi connectivity index (χ3v) is 5.49. The van der Waals surface area contributed by atoms with Crippen LogP contribution in [-0.2, 0) is 6.54 Å². The van der Waals surface area contributed by atoms with Crippen LogP contribution in [0.5, 0.6) is 0 Å². The zero-order valence-electron chi connectivity index (χ0n) is 12.5. The van der Waals surface area contributed by atoms with E-state index in [0.717, 1.165) is 16.0 Å². The molecule has 0 amide bonds. The second kappa shape index (κ2) is 5.99. The molecule has 2 aromatic rings. The van der Waals surface area contributed by atoms with Gasteiger partial charge < -0.3 is 5.32 Å². The molecule has 1 N–H and O–H groups in total. The fourth-order valence-corrected chi connectivity index (χ4v) is 3.45. The Morgan fingerprint density at radius 3 is 2.68 bits per heavy atom. The van der Waals surface area contributed by atoms with Crippen molar-refractivity contribution in [2.24, 2.45) is 0 Å². The van der Waals surface area contributed by atoms with E-state index in [1.165, 1.54) is 44.1 Å². The van der Waals surface area contributed by atoms with Crippen molar-refractivity contribution in [3.8, 4) is 0 Å². The van der Waals surface area contributed by atoms with Crippen molar-refractivity contribution in [2.45, 2.75) is 57.0 Å². The molecule has 116 valence electrons. The molecule has 0 radical (unpaired) electrons. The Morgan fingerprint density at radius 1 is 1.23 bits per heavy atom. The molecule has 6 heteroatoms. The molecule has 0 aliphatic heterocycles. The minimum atomic E-state index is 0.563. The summed E-state index contributed by atoms with van der Waals surface area (Å²) in [6.45, 7) is 0.654. The molecule has 4 rings (SSSR count). The highest BCUT2D eigenvalue weighted by Crippen LogP contribution is 2.37. The number of anilines is 1. The normalized spacial score (nSPS) is 18.8. The van der Waals surface area contributed by atoms with Crippen LogP contribution in [0.15, 0.2) is 22.9 Å². The first kappa shape index (κ1) is 14.2. The molecule has 2 heterocycles. The summed E-state index contributed by atoms with van der Waals surface area (Å²) in [5.74, 6) is 1.58. The SMILES string of the molecule is Brc1cc(C2CCC2)cnc1NCc1cn(C2CCC2)nn1. The van der Waals surface area contributed by atoms with Gasteiger partial charge in [0, 0.05) is 6.20 Å². The van der Waals surface area contributed by atoms with Crippen LogP contribution >= 0.6 is 15.9 Å². The van der Waals surface area contributed by atoms with Gasteiger partial charge in [0.25, 0.3) is 0 Å². The van der Waals surface area contributed by atoms with E-state index in [1.807, 2.05) is 17.1 Å². The van der Waals surface area contributed by atoms with Gasteiger partial charge in [-0.1, -0.05) is 11.6 Å². The van der Waals surface area contributed by atoms with Crippen LogP contribution in [-0.4, -0.2) is 20.0 Å². The Kier molecular flexibility index (Phi) is 3.86. The number of rotatable bonds is 5. The fraction of sp³-hybridized carbons (Fsp3) is 0.562. The lowest BCUT2D eigenvalue weighted by molar-refractivity contribution is 0.284. The van der Waals surface area contributed by atoms with Crippen molar-refractivity contribution in [2.75, 3.05) is 5.32 Å². The predicted octanol–water partition coefficient (Wildman–Crippen LogP) is 4.04. The number of nitrogens with zero attached hydrogens (tertiary/aromatic N) is 4. The van der Waals surface area contributed by atoms with Crippen LogP contribution in [0.2, 0.25) is 0 Å². The Labute approximate surface area is 138 Å². The van der Waals surface area contributed by atoms with Crippen molar-refractivity contribution in [3.05, 3.63) is 34.2 Å². The summed E-state index contributed by atoms with van der Waals surface area (Å²) < 4.78 is 3.03. The van der Waals surface area contributed by atoms with Crippen molar-refractivity contribution < 1.29 is 0 Å². The smallest absolute Gasteiger partial charge is 0.140 e. The molecule has 2 aromatic heterocycles. The molecular formula is C16H20BrN5. The molecule has 5 nitrogen and oxygen atoms in total. The number of pyridine rings is 1. The topological polar surface area (TPSA) is 55.6 Å². The molecule has 22 heavy (non-hydrogen) atoms. The average molecular weight is 362 g/mol. The van der Waals surface area contributed by atoms with Crippen LogP contribution in [0.25, 0.3) is 0 Å². The highest BCUT2D eigenvalue weighted by atomic mass is 79.9. The molecule has 2 fully saturated rings. The van der Waals surface area contributed by atoms with Gasteiger partial charge in [-0.25, -0.2) is 9.67 Å². The number of halogens is 1. The van der Waals surface area contributed by atoms with Gasteiger partial charge in [0.1, 0.15) is 11.5 Å². The van der Waals surface area contributed by atoms with E-state index >= 15 is 0 Å². The van der Waals surface area contributed by atoms with Crippen LogP contribution in [0.4, 0.5) is 5.82 Å². The quantitative estimate of drug-likeness (QED) is 0.872. The summed E-state index contributed by atoms with van der Waals surface area (Å²) >= 11 is 3.62. The Morgan fingerprint density at radius 2 is 2.05 bits per heavy atom. The zero-order chi connectivity index (χ0) is 14.9. The van der Waals surface area contributed by atoms with Crippen LogP contribution in [0.3, 0.4) is 0 Å². The molecule has 0 unspecified atom stereocenters. The molecular weight excluding hydrogens is 342 g/mol. The minimum absolute atomic E-state index is 0.563. The minimum Gasteiger partial charge on any atom is -0.363 e. The van der Waals surface area contributed by atoms with Gasteiger partial charge in [-0.05, 0) is 65.6 Å². The summed E-state index contributed by atoms with van der Waals surface area (Å²) in [4.78, 5) is 4.55. The molecule has 0 bridgehead atoms. The summed E-state index contributed by atoms with van der Waals surface area (Å²) in [6, 6.07) is 2.76. The van der Waals surface area contributed by atoms with E-state index in [-0.39, 0.29) is 0 Å². The lowest BCUT2D eigenvalue weighted by Gasteiger charge is -2.25. The van der Waals surface area contributed by atoms with Gasteiger partial charge in [-0.2, -0.15) is 0 Å². The Bertz CT molecular complexity index is 660. The van der Waals surface area contributed by atoms with Crippen molar-refractivity contribution in [1.29, 1.82) is 0 Å². The number of nitrogens with one attached hydrogen (secondary N) is 1. The van der Waals surface area contributed by atoms with Gasteiger partial charge in [0.05, 0.1) is 23.3 Å². The first-order chi connectivity index (χ1) is 10.8. The average Bonchev–Trinajstić information content (AvgIpc) is 2.82. The van der Waals surface area contributed by atoms with Crippen molar-refractivity contribution in [1.82, 2.24) is 20.0 Å². The van der Waals surface area contributed by atoms with E-state index in [1.54, 1.807) is 0 Å². The summed E-state index contributed by atoms with van der Waals surface area (Å²) in [5, 5.41) is 11.8. The van der Waals surface area contributed by atoms with E-state index in [2.05, 4.69) is 42.6 Å². The Balaban J connectivity index is 1.39. The lowest BCUT2D eigenvalue weighted by Crippen LogP contribution is -2.17. The first-order valence-corrected chi connectivity index (χ1v) is 8.89. The molecule has 0 aromatic carbocycles. The van der Waals surface area contributed by atoms with E-state index in [4.69, 9.17) is 0 Å². The maximum absolute atomic E-state index is 4.55. The Hall–Kier alpha value is -1.43. The third-order valence-electron chi connectivity index (χ3n) is 4.88. The maximum Gasteiger partial charge on any atom is 0.140 e. The number of aromatic nitrogens is 4. The van der Waals surface area contributed by atoms with Crippen molar-refractivity contribution >= 4 is 21.7 Å². The van der Waals surface area contributed by atoms with Crippen LogP contribution in [0.1, 0.15) is 61.7 Å². The number of hydrogen-bond acceptors (Lipinski definition) is 4. The van der Waals surface area contributed by atoms with E-state index < -0.39 is 0 Å². The van der Waals surface area contributed by atoms with E-state index in [9.17, 15) is 0 Å². The summed E-state index contributed by atoms with van der Waals surface area (Å²) in [7, 11) is 0. The third kappa shape index (κ3) is 2.76. The lowest BCUT2D eigenvalue weighted by atomic mass is 9.81. The maximum atomic E-state index is 4.55. The monoisotopic (exact) mass is 361 g/mol. The second-order valence-corrected chi connectivity index (χ2v) is 7.21. The largest absolute Gasteiger partial charge is 0.363 e. The predicted molar refractivity (Wildman–Crippen MR) is 88.8 cm³/mol. The highest BCUT2D eigenvalue weighted by molar-refractivity contribution is 9.10. The molecule has 2 aliphatic rings. The fourth-order valence-electron chi connectivity index (χ4n) is 2.95. The van der Waals surface area contributed by atoms with E-state index in [0.29, 0.717) is 18.5 Å². The van der Waals surface area contributed by atoms with Gasteiger partial charge in [0.2, 0.25) is 0 Å². The molecule has 2 saturated carbocycles. The molecule has 0 saturated heterocycles. The van der Waals surface area contributed by atoms with Gasteiger partial charge in [-0.3, -0.25) is 0 Å². The molecule has 0 atom stereocenters. The van der Waals surface area contributed by atoms with Gasteiger partial charge in [0.15, 0.2) is 0 Å².